The number of carbonyl (C=O) groups excluding carboxylic acids is 1. The van der Waals surface area contributed by atoms with Crippen molar-refractivity contribution in [2.24, 2.45) is 0 Å². The first-order valence-corrected chi connectivity index (χ1v) is 9.48. The molecule has 0 saturated heterocycles. The summed E-state index contributed by atoms with van der Waals surface area (Å²) >= 11 is 0. The Bertz CT molecular complexity index is 631. The van der Waals surface area contributed by atoms with Crippen molar-refractivity contribution in [2.75, 3.05) is 24.5 Å². The van der Waals surface area contributed by atoms with Gasteiger partial charge in [-0.1, -0.05) is 18.1 Å². The first-order chi connectivity index (χ1) is 10.8. The average molecular weight is 367 g/mol. The quantitative estimate of drug-likeness (QED) is 0.803. The number of aliphatic hydroxyl groups is 1. The third-order valence-electron chi connectivity index (χ3n) is 3.83. The van der Waals surface area contributed by atoms with Crippen molar-refractivity contribution in [3.05, 3.63) is 36.3 Å². The first kappa shape index (κ1) is 20.5. The van der Waals surface area contributed by atoms with Crippen molar-refractivity contribution < 1.29 is 27.5 Å². The maximum atomic E-state index is 14.4. The predicted octanol–water partition coefficient (Wildman–Crippen LogP) is 3.87. The van der Waals surface area contributed by atoms with E-state index in [0.717, 1.165) is 11.9 Å². The second-order valence-electron chi connectivity index (χ2n) is 5.82. The van der Waals surface area contributed by atoms with E-state index in [0.29, 0.717) is 11.8 Å². The van der Waals surface area contributed by atoms with Gasteiger partial charge >= 0.3 is 11.8 Å². The number of benzene rings is 1. The van der Waals surface area contributed by atoms with Crippen LogP contribution in [-0.2, 0) is 4.79 Å². The van der Waals surface area contributed by atoms with Gasteiger partial charge in [-0.2, -0.15) is 13.2 Å². The van der Waals surface area contributed by atoms with Crippen LogP contribution in [0.3, 0.4) is 0 Å². The third-order valence-corrected chi connectivity index (χ3v) is 6.14. The fraction of sp³-hybridized carbons (Fsp3) is 0.438. The molecule has 2 unspecified atom stereocenters. The molecular formula is C16H21F4NO2S. The topological polar surface area (TPSA) is 40.5 Å². The molecule has 0 aromatic heterocycles. The van der Waals surface area contributed by atoms with Gasteiger partial charge in [0.15, 0.2) is 0 Å². The van der Waals surface area contributed by atoms with Gasteiger partial charge in [0.1, 0.15) is 6.10 Å². The Balaban J connectivity index is 3.32. The number of amides is 1. The summed E-state index contributed by atoms with van der Waals surface area (Å²) in [5.74, 6) is -1.87. The van der Waals surface area contributed by atoms with Crippen LogP contribution in [0, 0.1) is 0 Å². The zero-order chi connectivity index (χ0) is 18.9. The number of aliphatic hydroxyl groups excluding tert-OH is 1. The van der Waals surface area contributed by atoms with Crippen LogP contribution in [0.25, 0.3) is 0 Å². The molecule has 0 fully saturated rings. The highest BCUT2D eigenvalue weighted by Gasteiger charge is 2.66. The van der Waals surface area contributed by atoms with E-state index in [4.69, 9.17) is 0 Å². The number of carbonyl (C=O) groups is 1. The molecule has 0 saturated carbocycles. The van der Waals surface area contributed by atoms with Crippen molar-refractivity contribution in [3.63, 3.8) is 0 Å². The maximum absolute atomic E-state index is 14.4. The molecule has 1 aromatic rings. The minimum absolute atomic E-state index is 0.104. The molecule has 3 nitrogen and oxygen atoms in total. The summed E-state index contributed by atoms with van der Waals surface area (Å²) in [5.41, 5.74) is -4.27. The lowest BCUT2D eigenvalue weighted by atomic mass is 9.97. The Morgan fingerprint density at radius 2 is 1.88 bits per heavy atom. The van der Waals surface area contributed by atoms with E-state index in [1.165, 1.54) is 12.1 Å². The van der Waals surface area contributed by atoms with Gasteiger partial charge in [-0.05, 0) is 42.5 Å². The van der Waals surface area contributed by atoms with Gasteiger partial charge in [0.05, 0.1) is 0 Å². The second-order valence-corrected chi connectivity index (χ2v) is 9.44. The van der Waals surface area contributed by atoms with Crippen molar-refractivity contribution in [1.29, 1.82) is 0 Å². The van der Waals surface area contributed by atoms with E-state index < -0.39 is 33.9 Å². The number of anilines is 1. The van der Waals surface area contributed by atoms with Crippen LogP contribution >= 0.6 is 10.0 Å². The summed E-state index contributed by atoms with van der Waals surface area (Å²) in [5, 5.41) is 11.0. The lowest BCUT2D eigenvalue weighted by Crippen LogP contribution is -2.60. The van der Waals surface area contributed by atoms with Crippen LogP contribution in [0.2, 0.25) is 0 Å². The van der Waals surface area contributed by atoms with Crippen molar-refractivity contribution in [2.45, 2.75) is 29.8 Å². The van der Waals surface area contributed by atoms with E-state index in [9.17, 15) is 27.5 Å². The van der Waals surface area contributed by atoms with Crippen LogP contribution in [0.4, 0.5) is 23.2 Å². The van der Waals surface area contributed by atoms with Gasteiger partial charge in [-0.3, -0.25) is 4.79 Å². The largest absolute Gasteiger partial charge is 0.434 e. The fourth-order valence-corrected chi connectivity index (χ4v) is 3.06. The van der Waals surface area contributed by atoms with Crippen LogP contribution in [0.1, 0.15) is 6.92 Å². The smallest absolute Gasteiger partial charge is 0.389 e. The standard InChI is InChI=1S/C16H21F4NO2S/c1-6-24(4,5)13-9-7-8-12(10-13)21(3)14(23)15(17,11(2)22)16(18,19)20/h6-11,22H,1H2,2-5H3. The molecular weight excluding hydrogens is 346 g/mol. The number of rotatable bonds is 5. The molecule has 0 radical (unpaired) electrons. The van der Waals surface area contributed by atoms with Crippen LogP contribution < -0.4 is 4.90 Å². The highest BCUT2D eigenvalue weighted by atomic mass is 32.3. The SMILES string of the molecule is C=CS(C)(C)c1cccc(N(C)C(=O)C(F)(C(C)O)C(F)(F)F)c1. The molecule has 1 N–H and O–H groups in total. The molecule has 1 aromatic carbocycles. The summed E-state index contributed by atoms with van der Waals surface area (Å²) in [6.45, 7) is 4.33. The Labute approximate surface area is 140 Å². The lowest BCUT2D eigenvalue weighted by molar-refractivity contribution is -0.247. The van der Waals surface area contributed by atoms with Crippen LogP contribution in [0.15, 0.2) is 41.1 Å². The predicted molar refractivity (Wildman–Crippen MR) is 89.3 cm³/mol. The van der Waals surface area contributed by atoms with Gasteiger partial charge < -0.3 is 10.0 Å². The molecule has 2 atom stereocenters. The minimum atomic E-state index is -5.53. The van der Waals surface area contributed by atoms with Crippen molar-refractivity contribution in [1.82, 2.24) is 0 Å². The van der Waals surface area contributed by atoms with E-state index >= 15 is 0 Å². The number of hydrogen-bond donors (Lipinski definition) is 1. The lowest BCUT2D eigenvalue weighted by Gasteiger charge is -2.33. The van der Waals surface area contributed by atoms with Gasteiger partial charge in [-0.25, -0.2) is 14.4 Å². The van der Waals surface area contributed by atoms with Gasteiger partial charge in [-0.15, -0.1) is 0 Å². The molecule has 8 heteroatoms. The molecule has 0 aliphatic carbocycles. The fourth-order valence-electron chi connectivity index (χ4n) is 2.01. The van der Waals surface area contributed by atoms with E-state index in [-0.39, 0.29) is 5.69 Å². The number of hydrogen-bond acceptors (Lipinski definition) is 2. The third kappa shape index (κ3) is 3.59. The Morgan fingerprint density at radius 3 is 2.29 bits per heavy atom. The van der Waals surface area contributed by atoms with Gasteiger partial charge in [0, 0.05) is 12.7 Å². The average Bonchev–Trinajstić information content (AvgIpc) is 2.51. The Kier molecular flexibility index (Phi) is 5.77. The molecule has 0 heterocycles. The Hall–Kier alpha value is -1.54. The van der Waals surface area contributed by atoms with Crippen LogP contribution in [-0.4, -0.2) is 48.5 Å². The van der Waals surface area contributed by atoms with E-state index in [1.54, 1.807) is 17.5 Å². The van der Waals surface area contributed by atoms with Crippen LogP contribution in [0.5, 0.6) is 0 Å². The normalized spacial score (nSPS) is 16.9. The maximum Gasteiger partial charge on any atom is 0.434 e. The highest BCUT2D eigenvalue weighted by Crippen LogP contribution is 2.50. The summed E-state index contributed by atoms with van der Waals surface area (Å²) < 4.78 is 53.4. The number of halogens is 4. The van der Waals surface area contributed by atoms with Gasteiger partial charge in [0.25, 0.3) is 5.91 Å². The minimum Gasteiger partial charge on any atom is -0.389 e. The summed E-state index contributed by atoms with van der Waals surface area (Å²) in [4.78, 5) is 13.5. The molecule has 0 spiro atoms. The van der Waals surface area contributed by atoms with E-state index in [1.807, 2.05) is 12.5 Å². The molecule has 0 bridgehead atoms. The van der Waals surface area contributed by atoms with Crippen molar-refractivity contribution in [3.8, 4) is 0 Å². The summed E-state index contributed by atoms with van der Waals surface area (Å²) in [7, 11) is -0.358. The monoisotopic (exact) mass is 367 g/mol. The van der Waals surface area contributed by atoms with Crippen molar-refractivity contribution >= 4 is 21.6 Å². The van der Waals surface area contributed by atoms with E-state index in [2.05, 4.69) is 6.58 Å². The molecule has 0 aliphatic rings. The number of alkyl halides is 4. The van der Waals surface area contributed by atoms with Gasteiger partial charge in [0.2, 0.25) is 0 Å². The summed E-state index contributed by atoms with van der Waals surface area (Å²) in [6.07, 6.45) is -4.22. The summed E-state index contributed by atoms with van der Waals surface area (Å²) in [6, 6.07) is 6.26. The molecule has 136 valence electrons. The molecule has 1 rings (SSSR count). The second kappa shape index (κ2) is 6.76. The molecule has 24 heavy (non-hydrogen) atoms. The first-order valence-electron chi connectivity index (χ1n) is 6.96. The number of nitrogens with zero attached hydrogens (tertiary/aromatic N) is 1. The molecule has 0 aliphatic heterocycles. The zero-order valence-corrected chi connectivity index (χ0v) is 14.7. The molecule has 1 amide bonds. The highest BCUT2D eigenvalue weighted by molar-refractivity contribution is 8.35. The zero-order valence-electron chi connectivity index (χ0n) is 13.9. The Morgan fingerprint density at radius 1 is 1.33 bits per heavy atom.